The SMILES string of the molecule is CCOC(=O)c1ccc(NC(=O)CSc2nc3sc4c(c3c(=O)n2-c2ccccc2)CCC4)cc1. The first kappa shape index (κ1) is 23.3. The lowest BCUT2D eigenvalue weighted by Gasteiger charge is -2.12. The number of hydrogen-bond acceptors (Lipinski definition) is 7. The lowest BCUT2D eigenvalue weighted by Crippen LogP contribution is -2.23. The average molecular weight is 506 g/mol. The maximum Gasteiger partial charge on any atom is 0.338 e. The van der Waals surface area contributed by atoms with E-state index >= 15 is 0 Å². The lowest BCUT2D eigenvalue weighted by atomic mass is 10.2. The van der Waals surface area contributed by atoms with Crippen molar-refractivity contribution in [1.29, 1.82) is 0 Å². The zero-order valence-electron chi connectivity index (χ0n) is 19.1. The van der Waals surface area contributed by atoms with Crippen LogP contribution >= 0.6 is 23.1 Å². The van der Waals surface area contributed by atoms with Crippen LogP contribution < -0.4 is 10.9 Å². The number of carbonyl (C=O) groups excluding carboxylic acids is 2. The summed E-state index contributed by atoms with van der Waals surface area (Å²) < 4.78 is 6.59. The van der Waals surface area contributed by atoms with Crippen LogP contribution in [0, 0.1) is 0 Å². The predicted molar refractivity (Wildman–Crippen MR) is 139 cm³/mol. The number of aryl methyl sites for hydroxylation is 2. The number of rotatable bonds is 7. The van der Waals surface area contributed by atoms with Crippen LogP contribution in [0.3, 0.4) is 0 Å². The van der Waals surface area contributed by atoms with Crippen molar-refractivity contribution >= 4 is 50.9 Å². The first-order chi connectivity index (χ1) is 17.0. The molecule has 0 spiro atoms. The summed E-state index contributed by atoms with van der Waals surface area (Å²) in [5.41, 5.74) is 2.77. The van der Waals surface area contributed by atoms with E-state index < -0.39 is 5.97 Å². The second kappa shape index (κ2) is 10.1. The van der Waals surface area contributed by atoms with Gasteiger partial charge in [-0.05, 0) is 68.1 Å². The number of thiophene rings is 1. The van der Waals surface area contributed by atoms with Gasteiger partial charge in [-0.15, -0.1) is 11.3 Å². The van der Waals surface area contributed by atoms with Gasteiger partial charge >= 0.3 is 5.97 Å². The number of ether oxygens (including phenoxy) is 1. The fourth-order valence-corrected chi connectivity index (χ4v) is 6.27. The number of amides is 1. The van der Waals surface area contributed by atoms with Gasteiger partial charge in [0.05, 0.1) is 29.0 Å². The summed E-state index contributed by atoms with van der Waals surface area (Å²) in [4.78, 5) is 44.9. The van der Waals surface area contributed by atoms with E-state index in [2.05, 4.69) is 5.32 Å². The number of esters is 1. The number of aromatic nitrogens is 2. The summed E-state index contributed by atoms with van der Waals surface area (Å²) in [5.74, 6) is -0.558. The van der Waals surface area contributed by atoms with E-state index in [0.29, 0.717) is 28.4 Å². The molecule has 2 aromatic heterocycles. The van der Waals surface area contributed by atoms with Crippen molar-refractivity contribution in [2.24, 2.45) is 0 Å². The second-order valence-electron chi connectivity index (χ2n) is 8.04. The highest BCUT2D eigenvalue weighted by atomic mass is 32.2. The highest BCUT2D eigenvalue weighted by molar-refractivity contribution is 7.99. The van der Waals surface area contributed by atoms with Gasteiger partial charge in [-0.2, -0.15) is 0 Å². The Morgan fingerprint density at radius 3 is 2.63 bits per heavy atom. The molecule has 1 N–H and O–H groups in total. The van der Waals surface area contributed by atoms with Crippen molar-refractivity contribution in [2.45, 2.75) is 31.3 Å². The molecular formula is C26H23N3O4S2. The number of thioether (sulfide) groups is 1. The van der Waals surface area contributed by atoms with Crippen LogP contribution in [-0.2, 0) is 22.4 Å². The second-order valence-corrected chi connectivity index (χ2v) is 10.1. The monoisotopic (exact) mass is 505 g/mol. The maximum absolute atomic E-state index is 13.6. The highest BCUT2D eigenvalue weighted by Gasteiger charge is 2.24. The van der Waals surface area contributed by atoms with Crippen molar-refractivity contribution in [2.75, 3.05) is 17.7 Å². The van der Waals surface area contributed by atoms with Gasteiger partial charge in [0.1, 0.15) is 4.83 Å². The fourth-order valence-electron chi connectivity index (χ4n) is 4.16. The van der Waals surface area contributed by atoms with Crippen LogP contribution in [0.1, 0.15) is 34.1 Å². The van der Waals surface area contributed by atoms with Gasteiger partial charge in [0, 0.05) is 10.6 Å². The number of hydrogen-bond donors (Lipinski definition) is 1. The normalized spacial score (nSPS) is 12.5. The van der Waals surface area contributed by atoms with E-state index in [4.69, 9.17) is 9.72 Å². The predicted octanol–water partition coefficient (Wildman–Crippen LogP) is 4.84. The molecule has 2 heterocycles. The summed E-state index contributed by atoms with van der Waals surface area (Å²) in [6.45, 7) is 2.05. The molecule has 4 aromatic rings. The van der Waals surface area contributed by atoms with Gasteiger partial charge in [0.25, 0.3) is 5.56 Å². The van der Waals surface area contributed by atoms with Crippen LogP contribution in [0.25, 0.3) is 15.9 Å². The first-order valence-electron chi connectivity index (χ1n) is 11.4. The topological polar surface area (TPSA) is 90.3 Å². The van der Waals surface area contributed by atoms with E-state index in [0.717, 1.165) is 35.3 Å². The molecule has 0 radical (unpaired) electrons. The van der Waals surface area contributed by atoms with Crippen LogP contribution in [0.15, 0.2) is 64.5 Å². The van der Waals surface area contributed by atoms with Crippen molar-refractivity contribution in [3.63, 3.8) is 0 Å². The fraction of sp³-hybridized carbons (Fsp3) is 0.231. The van der Waals surface area contributed by atoms with E-state index in [-0.39, 0.29) is 17.2 Å². The Morgan fingerprint density at radius 1 is 1.11 bits per heavy atom. The number of nitrogens with zero attached hydrogens (tertiary/aromatic N) is 2. The van der Waals surface area contributed by atoms with Crippen molar-refractivity contribution in [1.82, 2.24) is 9.55 Å². The standard InChI is InChI=1S/C26H23N3O4S2/c1-2-33-25(32)16-11-13-17(14-12-16)27-21(30)15-34-26-28-23-22(19-9-6-10-20(19)35-23)24(31)29(26)18-7-4-3-5-8-18/h3-5,7-8,11-14H,2,6,9-10,15H2,1H3,(H,27,30). The van der Waals surface area contributed by atoms with E-state index in [1.54, 1.807) is 47.1 Å². The quantitative estimate of drug-likeness (QED) is 0.220. The van der Waals surface area contributed by atoms with Gasteiger partial charge in [-0.1, -0.05) is 30.0 Å². The minimum atomic E-state index is -0.402. The third kappa shape index (κ3) is 4.74. The summed E-state index contributed by atoms with van der Waals surface area (Å²) >= 11 is 2.81. The van der Waals surface area contributed by atoms with Gasteiger partial charge in [-0.25, -0.2) is 9.78 Å². The van der Waals surface area contributed by atoms with Crippen molar-refractivity contribution in [3.05, 3.63) is 81.0 Å². The number of carbonyl (C=O) groups is 2. The zero-order valence-corrected chi connectivity index (χ0v) is 20.7. The number of fused-ring (bicyclic) bond motifs is 3. The highest BCUT2D eigenvalue weighted by Crippen LogP contribution is 2.36. The van der Waals surface area contributed by atoms with Crippen LogP contribution in [-0.4, -0.2) is 33.8 Å². The summed E-state index contributed by atoms with van der Waals surface area (Å²) in [5, 5.41) is 4.03. The van der Waals surface area contributed by atoms with Crippen LogP contribution in [0.2, 0.25) is 0 Å². The molecule has 0 atom stereocenters. The molecular weight excluding hydrogens is 482 g/mol. The van der Waals surface area contributed by atoms with Crippen LogP contribution in [0.4, 0.5) is 5.69 Å². The van der Waals surface area contributed by atoms with E-state index in [1.807, 2.05) is 30.3 Å². The van der Waals surface area contributed by atoms with Gasteiger partial charge in [0.2, 0.25) is 5.91 Å². The molecule has 5 rings (SSSR count). The minimum Gasteiger partial charge on any atom is -0.462 e. The third-order valence-electron chi connectivity index (χ3n) is 5.73. The summed E-state index contributed by atoms with van der Waals surface area (Å²) in [6, 6.07) is 15.9. The number of para-hydroxylation sites is 1. The van der Waals surface area contributed by atoms with E-state index in [1.165, 1.54) is 16.6 Å². The molecule has 0 saturated heterocycles. The van der Waals surface area contributed by atoms with E-state index in [9.17, 15) is 14.4 Å². The molecule has 0 fully saturated rings. The molecule has 1 aliphatic carbocycles. The first-order valence-corrected chi connectivity index (χ1v) is 13.2. The Morgan fingerprint density at radius 2 is 1.89 bits per heavy atom. The van der Waals surface area contributed by atoms with Crippen molar-refractivity contribution < 1.29 is 14.3 Å². The molecule has 9 heteroatoms. The van der Waals surface area contributed by atoms with Gasteiger partial charge in [-0.3, -0.25) is 14.2 Å². The Balaban J connectivity index is 1.38. The molecule has 35 heavy (non-hydrogen) atoms. The molecule has 0 saturated carbocycles. The van der Waals surface area contributed by atoms with Gasteiger partial charge in [0.15, 0.2) is 5.16 Å². The third-order valence-corrected chi connectivity index (χ3v) is 7.86. The Bertz CT molecular complexity index is 1460. The number of benzene rings is 2. The molecule has 7 nitrogen and oxygen atoms in total. The van der Waals surface area contributed by atoms with Crippen LogP contribution in [0.5, 0.6) is 0 Å². The Hall–Kier alpha value is -3.43. The molecule has 0 unspecified atom stereocenters. The van der Waals surface area contributed by atoms with Gasteiger partial charge < -0.3 is 10.1 Å². The molecule has 1 amide bonds. The molecule has 0 aliphatic heterocycles. The number of nitrogens with one attached hydrogen (secondary N) is 1. The summed E-state index contributed by atoms with van der Waals surface area (Å²) in [6.07, 6.45) is 2.96. The molecule has 1 aliphatic rings. The Labute approximate surface area is 210 Å². The lowest BCUT2D eigenvalue weighted by molar-refractivity contribution is -0.113. The smallest absolute Gasteiger partial charge is 0.338 e. The number of anilines is 1. The largest absolute Gasteiger partial charge is 0.462 e. The van der Waals surface area contributed by atoms with Crippen molar-refractivity contribution in [3.8, 4) is 5.69 Å². The zero-order chi connectivity index (χ0) is 24.4. The average Bonchev–Trinajstić information content (AvgIpc) is 3.45. The molecule has 178 valence electrons. The molecule has 0 bridgehead atoms. The maximum atomic E-state index is 13.6. The minimum absolute atomic E-state index is 0.0789. The molecule has 2 aromatic carbocycles. The summed E-state index contributed by atoms with van der Waals surface area (Å²) in [7, 11) is 0. The Kier molecular flexibility index (Phi) is 6.70.